The van der Waals surface area contributed by atoms with Gasteiger partial charge in [0, 0.05) is 5.39 Å². The highest BCUT2D eigenvalue weighted by atomic mass is 35.5. The number of aryl methyl sites for hydroxylation is 1. The van der Waals surface area contributed by atoms with Crippen LogP contribution in [0.4, 0.5) is 17.1 Å². The van der Waals surface area contributed by atoms with Crippen molar-refractivity contribution in [3.05, 3.63) is 81.8 Å². The number of halogens is 2. The van der Waals surface area contributed by atoms with Gasteiger partial charge in [0.25, 0.3) is 16.0 Å². The maximum absolute atomic E-state index is 13.3. The Morgan fingerprint density at radius 2 is 1.74 bits per heavy atom. The summed E-state index contributed by atoms with van der Waals surface area (Å²) in [5, 5.41) is 23.3. The number of ether oxygens (including phenoxy) is 1. The van der Waals surface area contributed by atoms with Crippen molar-refractivity contribution in [2.45, 2.75) is 25.2 Å². The number of nitrogens with one attached hydrogen (secondary N) is 1. The Balaban J connectivity index is 1.80. The lowest BCUT2D eigenvalue weighted by Crippen LogP contribution is -2.14. The third-order valence-electron chi connectivity index (χ3n) is 5.76. The maximum Gasteiger partial charge on any atom is 0.296 e. The van der Waals surface area contributed by atoms with Gasteiger partial charge in [-0.05, 0) is 54.6 Å². The predicted octanol–water partition coefficient (Wildman–Crippen LogP) is 7.73. The van der Waals surface area contributed by atoms with Gasteiger partial charge in [-0.15, -0.1) is 5.11 Å². The smallest absolute Gasteiger partial charge is 0.296 e. The van der Waals surface area contributed by atoms with E-state index in [9.17, 15) is 22.9 Å². The minimum atomic E-state index is -4.55. The van der Waals surface area contributed by atoms with Crippen LogP contribution in [0.2, 0.25) is 10.0 Å². The number of carbonyl (C=O) groups is 1. The van der Waals surface area contributed by atoms with Gasteiger partial charge in [0.1, 0.15) is 22.0 Å². The van der Waals surface area contributed by atoms with Crippen molar-refractivity contribution in [3.8, 4) is 11.5 Å². The first-order chi connectivity index (χ1) is 18.5. The first-order valence-corrected chi connectivity index (χ1v) is 13.9. The Hall–Kier alpha value is -3.70. The molecule has 9 nitrogen and oxygen atoms in total. The average molecular weight is 588 g/mol. The van der Waals surface area contributed by atoms with Crippen LogP contribution in [0.15, 0.2) is 75.8 Å². The van der Waals surface area contributed by atoms with E-state index in [1.165, 1.54) is 18.2 Å². The molecular formula is C27H23Cl2N3O6S. The number of nitrogens with zero attached hydrogens (tertiary/aromatic N) is 2. The molecule has 4 aromatic carbocycles. The second-order valence-electron chi connectivity index (χ2n) is 8.29. The fraction of sp³-hybridized carbons (Fsp3) is 0.148. The van der Waals surface area contributed by atoms with Gasteiger partial charge in [-0.3, -0.25) is 9.35 Å². The van der Waals surface area contributed by atoms with E-state index >= 15 is 0 Å². The van der Waals surface area contributed by atoms with Crippen LogP contribution in [0, 0.1) is 0 Å². The molecule has 4 aromatic rings. The van der Waals surface area contributed by atoms with Crippen LogP contribution < -0.4 is 10.1 Å². The fourth-order valence-electron chi connectivity index (χ4n) is 4.03. The van der Waals surface area contributed by atoms with Crippen molar-refractivity contribution in [3.63, 3.8) is 0 Å². The van der Waals surface area contributed by atoms with E-state index in [0.717, 1.165) is 0 Å². The second-order valence-corrected chi connectivity index (χ2v) is 10.5. The standard InChI is InChI=1S/C27H23Cl2N3O6S/c1-3-15-12-17(14-21(29)26(15)39(35,36)37)31-32-23-18-9-6-5-8-16(18)13-19(25(23)33)27(34)30-24-20(28)10-7-11-22(24)38-4-2/h5-14,33H,3-4H2,1-2H3,(H,30,34)(H,35,36,37). The normalized spacial score (nSPS) is 11.7. The molecule has 0 atom stereocenters. The van der Waals surface area contributed by atoms with E-state index in [0.29, 0.717) is 23.1 Å². The third kappa shape index (κ3) is 5.99. The summed E-state index contributed by atoms with van der Waals surface area (Å²) in [5.74, 6) is -0.718. The zero-order valence-corrected chi connectivity index (χ0v) is 23.1. The Labute approximate surface area is 234 Å². The van der Waals surface area contributed by atoms with Crippen LogP contribution in [-0.2, 0) is 16.5 Å². The molecule has 3 N–H and O–H groups in total. The van der Waals surface area contributed by atoms with E-state index < -0.39 is 26.7 Å². The van der Waals surface area contributed by atoms with E-state index in [2.05, 4.69) is 15.5 Å². The molecule has 0 aliphatic carbocycles. The summed E-state index contributed by atoms with van der Waals surface area (Å²) in [6, 6.07) is 16.1. The molecule has 0 heterocycles. The Morgan fingerprint density at radius 3 is 2.44 bits per heavy atom. The minimum absolute atomic E-state index is 0.00969. The van der Waals surface area contributed by atoms with Crippen molar-refractivity contribution < 1.29 is 27.6 Å². The molecule has 0 spiro atoms. The number of para-hydroxylation sites is 1. The van der Waals surface area contributed by atoms with E-state index in [1.807, 2.05) is 0 Å². The number of carbonyl (C=O) groups excluding carboxylic acids is 1. The number of phenolic OH excluding ortho intramolecular Hbond substituents is 1. The van der Waals surface area contributed by atoms with Crippen molar-refractivity contribution in [1.29, 1.82) is 0 Å². The maximum atomic E-state index is 13.3. The Kier molecular flexibility index (Phi) is 8.41. The highest BCUT2D eigenvalue weighted by molar-refractivity contribution is 7.86. The minimum Gasteiger partial charge on any atom is -0.505 e. The van der Waals surface area contributed by atoms with Crippen molar-refractivity contribution >= 4 is 67.1 Å². The van der Waals surface area contributed by atoms with Crippen molar-refractivity contribution in [1.82, 2.24) is 0 Å². The molecular weight excluding hydrogens is 565 g/mol. The van der Waals surface area contributed by atoms with Crippen molar-refractivity contribution in [2.75, 3.05) is 11.9 Å². The number of fused-ring (bicyclic) bond motifs is 1. The Morgan fingerprint density at radius 1 is 1.00 bits per heavy atom. The van der Waals surface area contributed by atoms with Gasteiger partial charge >= 0.3 is 0 Å². The molecule has 4 rings (SSSR count). The number of rotatable bonds is 8. The molecule has 0 saturated carbocycles. The number of aromatic hydroxyl groups is 1. The first kappa shape index (κ1) is 28.3. The van der Waals surface area contributed by atoms with Crippen LogP contribution in [0.3, 0.4) is 0 Å². The van der Waals surface area contributed by atoms with Gasteiger partial charge in [0.05, 0.1) is 27.9 Å². The third-order valence-corrected chi connectivity index (χ3v) is 7.49. The molecule has 202 valence electrons. The molecule has 0 aliphatic heterocycles. The number of anilines is 1. The average Bonchev–Trinajstić information content (AvgIpc) is 2.88. The second kappa shape index (κ2) is 11.6. The van der Waals surface area contributed by atoms with Gasteiger partial charge in [0.15, 0.2) is 5.75 Å². The highest BCUT2D eigenvalue weighted by Crippen LogP contribution is 2.41. The first-order valence-electron chi connectivity index (χ1n) is 11.7. The molecule has 39 heavy (non-hydrogen) atoms. The Bertz CT molecular complexity index is 1720. The summed E-state index contributed by atoms with van der Waals surface area (Å²) in [4.78, 5) is 12.9. The quantitative estimate of drug-likeness (QED) is 0.142. The molecule has 0 bridgehead atoms. The number of benzene rings is 4. The fourth-order valence-corrected chi connectivity index (χ4v) is 5.60. The van der Waals surface area contributed by atoms with Crippen molar-refractivity contribution in [2.24, 2.45) is 10.2 Å². The van der Waals surface area contributed by atoms with Gasteiger partial charge in [-0.2, -0.15) is 13.5 Å². The summed E-state index contributed by atoms with van der Waals surface area (Å²) in [6.45, 7) is 3.84. The molecule has 0 unspecified atom stereocenters. The molecule has 0 aliphatic rings. The van der Waals surface area contributed by atoms with E-state index in [-0.39, 0.29) is 44.7 Å². The summed E-state index contributed by atoms with van der Waals surface area (Å²) in [6.07, 6.45) is 0.244. The lowest BCUT2D eigenvalue weighted by molar-refractivity contribution is 0.102. The summed E-state index contributed by atoms with van der Waals surface area (Å²) in [7, 11) is -4.55. The number of phenols is 1. The van der Waals surface area contributed by atoms with Crippen LogP contribution in [0.1, 0.15) is 29.8 Å². The van der Waals surface area contributed by atoms with Gasteiger partial charge in [-0.1, -0.05) is 60.5 Å². The van der Waals surface area contributed by atoms with Crippen LogP contribution >= 0.6 is 23.2 Å². The number of hydrogen-bond acceptors (Lipinski definition) is 7. The lowest BCUT2D eigenvalue weighted by atomic mass is 10.0. The molecule has 0 aromatic heterocycles. The largest absolute Gasteiger partial charge is 0.505 e. The molecule has 1 amide bonds. The zero-order valence-electron chi connectivity index (χ0n) is 20.8. The molecule has 12 heteroatoms. The molecule has 0 saturated heterocycles. The van der Waals surface area contributed by atoms with Gasteiger partial charge < -0.3 is 15.2 Å². The number of azo groups is 1. The topological polar surface area (TPSA) is 138 Å². The number of amides is 1. The highest BCUT2D eigenvalue weighted by Gasteiger charge is 2.22. The van der Waals surface area contributed by atoms with Crippen LogP contribution in [-0.4, -0.2) is 30.6 Å². The monoisotopic (exact) mass is 587 g/mol. The summed E-state index contributed by atoms with van der Waals surface area (Å²) >= 11 is 12.4. The van der Waals surface area contributed by atoms with Crippen LogP contribution in [0.5, 0.6) is 11.5 Å². The summed E-state index contributed by atoms with van der Waals surface area (Å²) in [5.41, 5.74) is 0.600. The lowest BCUT2D eigenvalue weighted by Gasteiger charge is -2.15. The number of hydrogen-bond donors (Lipinski definition) is 3. The molecule has 0 radical (unpaired) electrons. The SMILES string of the molecule is CCOc1cccc(Cl)c1NC(=O)c1cc2ccccc2c(N=Nc2cc(Cl)c(S(=O)(=O)O)c(CC)c2)c1O. The van der Waals surface area contributed by atoms with Gasteiger partial charge in [-0.25, -0.2) is 0 Å². The van der Waals surface area contributed by atoms with E-state index in [4.69, 9.17) is 27.9 Å². The zero-order chi connectivity index (χ0) is 28.3. The van der Waals surface area contributed by atoms with Gasteiger partial charge in [0.2, 0.25) is 0 Å². The predicted molar refractivity (Wildman–Crippen MR) is 151 cm³/mol. The van der Waals surface area contributed by atoms with E-state index in [1.54, 1.807) is 56.3 Å². The van der Waals surface area contributed by atoms with Crippen LogP contribution in [0.25, 0.3) is 10.8 Å². The molecule has 0 fully saturated rings. The summed E-state index contributed by atoms with van der Waals surface area (Å²) < 4.78 is 38.6.